The minimum absolute atomic E-state index is 0.509. The Kier molecular flexibility index (Phi) is 4.49. The van der Waals surface area contributed by atoms with Gasteiger partial charge in [-0.15, -0.1) is 0 Å². The summed E-state index contributed by atoms with van der Waals surface area (Å²) in [5.41, 5.74) is 4.59. The van der Waals surface area contributed by atoms with Gasteiger partial charge in [-0.3, -0.25) is 4.98 Å². The molecule has 0 spiro atoms. The molecule has 0 saturated heterocycles. The largest absolute Gasteiger partial charge is 0.477 e. The first-order valence-corrected chi connectivity index (χ1v) is 8.87. The molecule has 25 heavy (non-hydrogen) atoms. The van der Waals surface area contributed by atoms with Gasteiger partial charge >= 0.3 is 0 Å². The maximum absolute atomic E-state index is 6.11. The molecule has 1 aliphatic heterocycles. The first-order chi connectivity index (χ1) is 12.2. The second-order valence-electron chi connectivity index (χ2n) is 6.86. The molecule has 2 atom stereocenters. The Labute approximate surface area is 148 Å². The highest BCUT2D eigenvalue weighted by molar-refractivity contribution is 5.69. The smallest absolute Gasteiger partial charge is 0.224 e. The van der Waals surface area contributed by atoms with Crippen LogP contribution in [0.4, 0.5) is 0 Å². The Balaban J connectivity index is 1.44. The van der Waals surface area contributed by atoms with E-state index in [-0.39, 0.29) is 0 Å². The topological polar surface area (TPSA) is 57.1 Å². The lowest BCUT2D eigenvalue weighted by Gasteiger charge is -2.16. The van der Waals surface area contributed by atoms with Crippen LogP contribution in [0.3, 0.4) is 0 Å². The van der Waals surface area contributed by atoms with Crippen molar-refractivity contribution in [3.05, 3.63) is 53.2 Å². The normalized spacial score (nSPS) is 22.4. The number of aryl methyl sites for hydroxylation is 2. The zero-order valence-electron chi connectivity index (χ0n) is 14.7. The molecule has 2 aromatic rings. The Morgan fingerprint density at radius 3 is 2.88 bits per heavy atom. The number of pyridine rings is 1. The predicted molar refractivity (Wildman–Crippen MR) is 95.5 cm³/mol. The third-order valence-electron chi connectivity index (χ3n) is 4.85. The molecule has 2 aliphatic rings. The van der Waals surface area contributed by atoms with E-state index < -0.39 is 0 Å². The van der Waals surface area contributed by atoms with Gasteiger partial charge in [-0.05, 0) is 43.9 Å². The van der Waals surface area contributed by atoms with E-state index in [4.69, 9.17) is 9.47 Å². The summed E-state index contributed by atoms with van der Waals surface area (Å²) in [5.74, 6) is 2.46. The van der Waals surface area contributed by atoms with Crippen LogP contribution < -0.4 is 4.74 Å². The fraction of sp³-hybridized carbons (Fsp3) is 0.450. The number of nitrogens with zero attached hydrogens (tertiary/aromatic N) is 3. The first-order valence-electron chi connectivity index (χ1n) is 8.87. The zero-order chi connectivity index (χ0) is 17.2. The standard InChI is InChI=1S/C20H23N3O2/c1-13-3-4-19(22-10-13)17-9-16(17)12-25-20-18(11-21-14(2)23-20)15-5-7-24-8-6-15/h3-5,10-11,16-17H,6-9,12H2,1-2H3/t16-,17+/m1/s1. The van der Waals surface area contributed by atoms with Crippen molar-refractivity contribution in [2.45, 2.75) is 32.6 Å². The minimum atomic E-state index is 0.509. The van der Waals surface area contributed by atoms with Crippen LogP contribution in [0.25, 0.3) is 5.57 Å². The molecule has 1 saturated carbocycles. The van der Waals surface area contributed by atoms with Crippen LogP contribution in [0.2, 0.25) is 0 Å². The van der Waals surface area contributed by atoms with Gasteiger partial charge in [0, 0.05) is 29.9 Å². The number of hydrogen-bond acceptors (Lipinski definition) is 5. The Morgan fingerprint density at radius 1 is 1.20 bits per heavy atom. The summed E-state index contributed by atoms with van der Waals surface area (Å²) in [6.07, 6.45) is 7.92. The summed E-state index contributed by atoms with van der Waals surface area (Å²) in [6.45, 7) is 6.02. The first kappa shape index (κ1) is 16.2. The van der Waals surface area contributed by atoms with Crippen molar-refractivity contribution in [2.75, 3.05) is 19.8 Å². The van der Waals surface area contributed by atoms with Crippen molar-refractivity contribution in [1.82, 2.24) is 15.0 Å². The van der Waals surface area contributed by atoms with Crippen LogP contribution in [0.5, 0.6) is 5.88 Å². The van der Waals surface area contributed by atoms with Gasteiger partial charge in [0.05, 0.1) is 25.4 Å². The molecule has 1 aliphatic carbocycles. The van der Waals surface area contributed by atoms with Gasteiger partial charge in [-0.1, -0.05) is 12.1 Å². The Morgan fingerprint density at radius 2 is 2.12 bits per heavy atom. The molecule has 5 heteroatoms. The summed E-state index contributed by atoms with van der Waals surface area (Å²) in [6, 6.07) is 4.26. The molecular weight excluding hydrogens is 314 g/mol. The fourth-order valence-corrected chi connectivity index (χ4v) is 3.23. The van der Waals surface area contributed by atoms with Gasteiger partial charge in [-0.2, -0.15) is 4.98 Å². The molecule has 0 bridgehead atoms. The van der Waals surface area contributed by atoms with Crippen LogP contribution in [0.15, 0.2) is 30.6 Å². The van der Waals surface area contributed by atoms with Crippen molar-refractivity contribution >= 4 is 5.57 Å². The average Bonchev–Trinajstić information content (AvgIpc) is 3.41. The molecule has 3 heterocycles. The van der Waals surface area contributed by atoms with E-state index >= 15 is 0 Å². The van der Waals surface area contributed by atoms with Crippen molar-refractivity contribution in [3.63, 3.8) is 0 Å². The van der Waals surface area contributed by atoms with E-state index in [1.165, 1.54) is 16.8 Å². The van der Waals surface area contributed by atoms with E-state index in [9.17, 15) is 0 Å². The lowest BCUT2D eigenvalue weighted by Crippen LogP contribution is -2.09. The van der Waals surface area contributed by atoms with Crippen LogP contribution >= 0.6 is 0 Å². The molecule has 0 N–H and O–H groups in total. The number of hydrogen-bond donors (Lipinski definition) is 0. The second-order valence-corrected chi connectivity index (χ2v) is 6.86. The third-order valence-corrected chi connectivity index (χ3v) is 4.85. The maximum atomic E-state index is 6.11. The lowest BCUT2D eigenvalue weighted by atomic mass is 10.0. The third kappa shape index (κ3) is 3.71. The fourth-order valence-electron chi connectivity index (χ4n) is 3.23. The molecule has 130 valence electrons. The Bertz CT molecular complexity index is 786. The molecule has 0 amide bonds. The minimum Gasteiger partial charge on any atom is -0.477 e. The quantitative estimate of drug-likeness (QED) is 0.836. The van der Waals surface area contributed by atoms with Crippen molar-refractivity contribution < 1.29 is 9.47 Å². The molecular formula is C20H23N3O2. The maximum Gasteiger partial charge on any atom is 0.224 e. The predicted octanol–water partition coefficient (Wildman–Crippen LogP) is 3.47. The van der Waals surface area contributed by atoms with Gasteiger partial charge in [-0.25, -0.2) is 4.98 Å². The van der Waals surface area contributed by atoms with Crippen LogP contribution in [0.1, 0.15) is 41.4 Å². The summed E-state index contributed by atoms with van der Waals surface area (Å²) >= 11 is 0. The molecule has 2 aromatic heterocycles. The highest BCUT2D eigenvalue weighted by Gasteiger charge is 2.40. The van der Waals surface area contributed by atoms with Crippen molar-refractivity contribution in [3.8, 4) is 5.88 Å². The van der Waals surface area contributed by atoms with Gasteiger partial charge in [0.15, 0.2) is 0 Å². The zero-order valence-corrected chi connectivity index (χ0v) is 14.7. The van der Waals surface area contributed by atoms with Gasteiger partial charge < -0.3 is 9.47 Å². The molecule has 5 nitrogen and oxygen atoms in total. The summed E-state index contributed by atoms with van der Waals surface area (Å²) < 4.78 is 11.5. The van der Waals surface area contributed by atoms with Gasteiger partial charge in [0.25, 0.3) is 0 Å². The summed E-state index contributed by atoms with van der Waals surface area (Å²) in [7, 11) is 0. The van der Waals surface area contributed by atoms with Crippen LogP contribution in [-0.2, 0) is 4.74 Å². The van der Waals surface area contributed by atoms with Crippen LogP contribution in [-0.4, -0.2) is 34.8 Å². The second kappa shape index (κ2) is 6.92. The summed E-state index contributed by atoms with van der Waals surface area (Å²) in [4.78, 5) is 13.4. The molecule has 1 fully saturated rings. The van der Waals surface area contributed by atoms with E-state index in [2.05, 4.69) is 40.1 Å². The SMILES string of the molecule is Cc1ccc([C@H]2C[C@@H]2COc2nc(C)ncc2C2=CCOCC2)nc1. The van der Waals surface area contributed by atoms with Gasteiger partial charge in [0.1, 0.15) is 5.82 Å². The van der Waals surface area contributed by atoms with E-state index in [0.29, 0.717) is 30.9 Å². The van der Waals surface area contributed by atoms with E-state index in [1.807, 2.05) is 19.3 Å². The van der Waals surface area contributed by atoms with Gasteiger partial charge in [0.2, 0.25) is 5.88 Å². The molecule has 4 rings (SSSR count). The molecule has 0 unspecified atom stereocenters. The highest BCUT2D eigenvalue weighted by atomic mass is 16.5. The van der Waals surface area contributed by atoms with Crippen molar-refractivity contribution in [2.24, 2.45) is 5.92 Å². The molecule has 0 aromatic carbocycles. The lowest BCUT2D eigenvalue weighted by molar-refractivity contribution is 0.161. The monoisotopic (exact) mass is 337 g/mol. The van der Waals surface area contributed by atoms with E-state index in [0.717, 1.165) is 30.8 Å². The number of aromatic nitrogens is 3. The summed E-state index contributed by atoms with van der Waals surface area (Å²) in [5, 5.41) is 0. The average molecular weight is 337 g/mol. The Hall–Kier alpha value is -2.27. The van der Waals surface area contributed by atoms with Crippen molar-refractivity contribution in [1.29, 1.82) is 0 Å². The van der Waals surface area contributed by atoms with Crippen LogP contribution in [0, 0.1) is 19.8 Å². The molecule has 0 radical (unpaired) electrons. The number of ether oxygens (including phenoxy) is 2. The van der Waals surface area contributed by atoms with E-state index in [1.54, 1.807) is 0 Å². The number of rotatable bonds is 5. The highest BCUT2D eigenvalue weighted by Crippen LogP contribution is 2.46.